The molecule has 2 aromatic carbocycles. The van der Waals surface area contributed by atoms with Crippen LogP contribution >= 0.6 is 0 Å². The molecule has 0 bridgehead atoms. The number of hydrogen-bond acceptors (Lipinski definition) is 4. The number of rotatable bonds is 9. The Balaban J connectivity index is 1.75. The number of carboxylic acid groups (broad SMARTS) is 1. The molecular formula is C22H27NO4. The lowest BCUT2D eigenvalue weighted by Gasteiger charge is -2.19. The number of carboxylic acids is 1. The maximum Gasteiger partial charge on any atom is 0.311 e. The summed E-state index contributed by atoms with van der Waals surface area (Å²) in [6.45, 7) is 3.73. The van der Waals surface area contributed by atoms with Crippen LogP contribution < -0.4 is 9.47 Å². The van der Waals surface area contributed by atoms with Gasteiger partial charge >= 0.3 is 5.97 Å². The number of likely N-dealkylation sites (tertiary alicyclic amines) is 1. The van der Waals surface area contributed by atoms with E-state index in [0.29, 0.717) is 24.5 Å². The fourth-order valence-corrected chi connectivity index (χ4v) is 3.51. The van der Waals surface area contributed by atoms with Crippen LogP contribution in [0.25, 0.3) is 0 Å². The first-order valence-electron chi connectivity index (χ1n) is 9.47. The molecule has 5 nitrogen and oxygen atoms in total. The summed E-state index contributed by atoms with van der Waals surface area (Å²) in [5, 5.41) is 9.73. The van der Waals surface area contributed by atoms with Crippen molar-refractivity contribution in [1.29, 1.82) is 0 Å². The van der Waals surface area contributed by atoms with Crippen molar-refractivity contribution in [3.05, 3.63) is 59.7 Å². The van der Waals surface area contributed by atoms with Crippen molar-refractivity contribution in [2.24, 2.45) is 0 Å². The van der Waals surface area contributed by atoms with Gasteiger partial charge in [-0.15, -0.1) is 0 Å². The third-order valence-electron chi connectivity index (χ3n) is 5.06. The Morgan fingerprint density at radius 2 is 1.89 bits per heavy atom. The van der Waals surface area contributed by atoms with Gasteiger partial charge in [0.1, 0.15) is 18.1 Å². The van der Waals surface area contributed by atoms with E-state index in [1.54, 1.807) is 7.11 Å². The van der Waals surface area contributed by atoms with Crippen LogP contribution in [0.4, 0.5) is 0 Å². The van der Waals surface area contributed by atoms with E-state index in [9.17, 15) is 9.90 Å². The van der Waals surface area contributed by atoms with Gasteiger partial charge in [-0.1, -0.05) is 36.4 Å². The van der Waals surface area contributed by atoms with Gasteiger partial charge in [0, 0.05) is 12.6 Å². The number of hydrogen-bond donors (Lipinski definition) is 1. The molecule has 2 aromatic rings. The van der Waals surface area contributed by atoms with Crippen molar-refractivity contribution in [3.63, 3.8) is 0 Å². The van der Waals surface area contributed by atoms with E-state index in [2.05, 4.69) is 4.90 Å². The third-order valence-corrected chi connectivity index (χ3v) is 5.06. The Hall–Kier alpha value is -2.53. The number of carbonyl (C=O) groups is 1. The second kappa shape index (κ2) is 9.42. The first kappa shape index (κ1) is 19.2. The molecule has 0 aromatic heterocycles. The minimum Gasteiger partial charge on any atom is -0.497 e. The molecule has 144 valence electrons. The lowest BCUT2D eigenvalue weighted by atomic mass is 9.91. The summed E-state index contributed by atoms with van der Waals surface area (Å²) in [6.07, 6.45) is 2.88. The third kappa shape index (κ3) is 5.23. The summed E-state index contributed by atoms with van der Waals surface area (Å²) in [6, 6.07) is 15.0. The Morgan fingerprint density at radius 1 is 1.15 bits per heavy atom. The molecule has 1 saturated heterocycles. The molecule has 0 saturated carbocycles. The summed E-state index contributed by atoms with van der Waals surface area (Å²) in [5.41, 5.74) is 1.68. The molecule has 1 fully saturated rings. The number of methoxy groups -OCH3 is 1. The lowest BCUT2D eigenvalue weighted by Crippen LogP contribution is -2.25. The molecule has 1 atom stereocenters. The summed E-state index contributed by atoms with van der Waals surface area (Å²) < 4.78 is 11.4. The molecular weight excluding hydrogens is 342 g/mol. The highest BCUT2D eigenvalue weighted by atomic mass is 16.5. The Morgan fingerprint density at radius 3 is 2.56 bits per heavy atom. The van der Waals surface area contributed by atoms with E-state index in [4.69, 9.17) is 9.47 Å². The van der Waals surface area contributed by atoms with Crippen LogP contribution in [0.5, 0.6) is 11.5 Å². The van der Waals surface area contributed by atoms with E-state index in [1.807, 2.05) is 48.5 Å². The molecule has 1 aliphatic rings. The van der Waals surface area contributed by atoms with Gasteiger partial charge in [0.2, 0.25) is 0 Å². The average Bonchev–Trinajstić information content (AvgIpc) is 3.20. The van der Waals surface area contributed by atoms with Crippen LogP contribution in [0.2, 0.25) is 0 Å². The van der Waals surface area contributed by atoms with Gasteiger partial charge in [0.15, 0.2) is 0 Å². The maximum atomic E-state index is 11.9. The SMILES string of the molecule is COc1ccc(CC(C(=O)O)c2ccccc2)c(OCCN2CCCC2)c1. The van der Waals surface area contributed by atoms with Gasteiger partial charge in [0.25, 0.3) is 0 Å². The molecule has 1 unspecified atom stereocenters. The highest BCUT2D eigenvalue weighted by Crippen LogP contribution is 2.30. The van der Waals surface area contributed by atoms with Gasteiger partial charge < -0.3 is 14.6 Å². The molecule has 3 rings (SSSR count). The van der Waals surface area contributed by atoms with Crippen LogP contribution in [-0.2, 0) is 11.2 Å². The molecule has 0 radical (unpaired) electrons. The smallest absolute Gasteiger partial charge is 0.311 e. The predicted molar refractivity (Wildman–Crippen MR) is 105 cm³/mol. The minimum absolute atomic E-state index is 0.377. The Labute approximate surface area is 160 Å². The first-order valence-corrected chi connectivity index (χ1v) is 9.47. The summed E-state index contributed by atoms with van der Waals surface area (Å²) >= 11 is 0. The summed E-state index contributed by atoms with van der Waals surface area (Å²) in [5.74, 6) is -0.0298. The van der Waals surface area contributed by atoms with Crippen molar-refractivity contribution in [1.82, 2.24) is 4.90 Å². The van der Waals surface area contributed by atoms with E-state index in [0.717, 1.165) is 30.8 Å². The van der Waals surface area contributed by atoms with Crippen molar-refractivity contribution in [2.75, 3.05) is 33.4 Å². The van der Waals surface area contributed by atoms with Crippen molar-refractivity contribution < 1.29 is 19.4 Å². The van der Waals surface area contributed by atoms with Gasteiger partial charge in [0.05, 0.1) is 13.0 Å². The second-order valence-corrected chi connectivity index (χ2v) is 6.88. The van der Waals surface area contributed by atoms with Crippen LogP contribution in [0.3, 0.4) is 0 Å². The van der Waals surface area contributed by atoms with Crippen molar-refractivity contribution >= 4 is 5.97 Å². The fraction of sp³-hybridized carbons (Fsp3) is 0.409. The van der Waals surface area contributed by atoms with E-state index in [-0.39, 0.29) is 0 Å². The number of ether oxygens (including phenoxy) is 2. The second-order valence-electron chi connectivity index (χ2n) is 6.88. The summed E-state index contributed by atoms with van der Waals surface area (Å²) in [4.78, 5) is 14.2. The Bertz CT molecular complexity index is 741. The fourth-order valence-electron chi connectivity index (χ4n) is 3.51. The largest absolute Gasteiger partial charge is 0.497 e. The van der Waals surface area contributed by atoms with Gasteiger partial charge in [-0.25, -0.2) is 0 Å². The standard InChI is InChI=1S/C22H27NO4/c1-26-19-10-9-18(15-20(22(24)25)17-7-3-2-4-8-17)21(16-19)27-14-13-23-11-5-6-12-23/h2-4,7-10,16,20H,5-6,11-15H2,1H3,(H,24,25). The lowest BCUT2D eigenvalue weighted by molar-refractivity contribution is -0.138. The topological polar surface area (TPSA) is 59.0 Å². The van der Waals surface area contributed by atoms with Gasteiger partial charge in [-0.2, -0.15) is 0 Å². The zero-order valence-electron chi connectivity index (χ0n) is 15.8. The predicted octanol–water partition coefficient (Wildman–Crippen LogP) is 3.58. The van der Waals surface area contributed by atoms with Gasteiger partial charge in [-0.3, -0.25) is 9.69 Å². The van der Waals surface area contributed by atoms with Crippen molar-refractivity contribution in [3.8, 4) is 11.5 Å². The first-order chi connectivity index (χ1) is 13.2. The highest BCUT2D eigenvalue weighted by molar-refractivity contribution is 5.76. The maximum absolute atomic E-state index is 11.9. The molecule has 0 spiro atoms. The summed E-state index contributed by atoms with van der Waals surface area (Å²) in [7, 11) is 1.62. The molecule has 0 amide bonds. The van der Waals surface area contributed by atoms with Crippen LogP contribution in [0, 0.1) is 0 Å². The van der Waals surface area contributed by atoms with E-state index < -0.39 is 11.9 Å². The highest BCUT2D eigenvalue weighted by Gasteiger charge is 2.22. The number of aliphatic carboxylic acids is 1. The minimum atomic E-state index is -0.833. The van der Waals surface area contributed by atoms with Crippen LogP contribution in [0.1, 0.15) is 29.9 Å². The van der Waals surface area contributed by atoms with Crippen LogP contribution in [0.15, 0.2) is 48.5 Å². The average molecular weight is 369 g/mol. The number of nitrogens with zero attached hydrogens (tertiary/aromatic N) is 1. The quantitative estimate of drug-likeness (QED) is 0.732. The molecule has 0 aliphatic carbocycles. The Kier molecular flexibility index (Phi) is 6.71. The van der Waals surface area contributed by atoms with Crippen molar-refractivity contribution in [2.45, 2.75) is 25.2 Å². The molecule has 27 heavy (non-hydrogen) atoms. The molecule has 1 N–H and O–H groups in total. The molecule has 1 heterocycles. The normalized spacial score (nSPS) is 15.4. The number of benzene rings is 2. The molecule has 1 aliphatic heterocycles. The van der Waals surface area contributed by atoms with E-state index >= 15 is 0 Å². The van der Waals surface area contributed by atoms with Crippen LogP contribution in [-0.4, -0.2) is 49.3 Å². The monoisotopic (exact) mass is 369 g/mol. The molecule has 5 heteroatoms. The van der Waals surface area contributed by atoms with Gasteiger partial charge in [-0.05, 0) is 49.5 Å². The zero-order chi connectivity index (χ0) is 19.1. The van der Waals surface area contributed by atoms with E-state index in [1.165, 1.54) is 12.8 Å². The zero-order valence-corrected chi connectivity index (χ0v) is 15.8.